The van der Waals surface area contributed by atoms with Crippen LogP contribution in [-0.2, 0) is 0 Å². The summed E-state index contributed by atoms with van der Waals surface area (Å²) in [7, 11) is 0. The van der Waals surface area contributed by atoms with Crippen LogP contribution in [0, 0.1) is 0 Å². The summed E-state index contributed by atoms with van der Waals surface area (Å²) in [5.41, 5.74) is 4.87. The predicted molar refractivity (Wildman–Crippen MR) is 97.0 cm³/mol. The summed E-state index contributed by atoms with van der Waals surface area (Å²) >= 11 is 0. The predicted octanol–water partition coefficient (Wildman–Crippen LogP) is 6.17. The Kier molecular flexibility index (Phi) is 11.8. The Morgan fingerprint density at radius 2 is 1.05 bits per heavy atom. The van der Waals surface area contributed by atoms with Crippen molar-refractivity contribution >= 4 is 12.2 Å². The second-order valence-corrected chi connectivity index (χ2v) is 3.84. The lowest BCUT2D eigenvalue weighted by Crippen LogP contribution is -1.63. The van der Waals surface area contributed by atoms with E-state index in [0.29, 0.717) is 0 Å². The fraction of sp³-hybridized carbons (Fsp3) is 0. The quantitative estimate of drug-likeness (QED) is 0.463. The van der Waals surface area contributed by atoms with Crippen LogP contribution in [0.2, 0.25) is 0 Å². The molecule has 0 aliphatic rings. The van der Waals surface area contributed by atoms with E-state index >= 15 is 0 Å². The van der Waals surface area contributed by atoms with Crippen molar-refractivity contribution in [3.05, 3.63) is 116 Å². The molecule has 0 spiro atoms. The first kappa shape index (κ1) is 18.2. The molecule has 0 saturated carbocycles. The third-order valence-corrected chi connectivity index (χ3v) is 2.31. The molecule has 21 heavy (non-hydrogen) atoms. The van der Waals surface area contributed by atoms with Crippen LogP contribution < -0.4 is 0 Å². The molecular formula is C21H22. The van der Waals surface area contributed by atoms with Crippen LogP contribution in [0.5, 0.6) is 0 Å². The fourth-order valence-electron chi connectivity index (χ4n) is 1.26. The Morgan fingerprint density at radius 1 is 0.667 bits per heavy atom. The highest BCUT2D eigenvalue weighted by Gasteiger charge is 1.76. The van der Waals surface area contributed by atoms with Crippen LogP contribution in [0.3, 0.4) is 0 Å². The van der Waals surface area contributed by atoms with Crippen molar-refractivity contribution in [3.63, 3.8) is 0 Å². The van der Waals surface area contributed by atoms with Gasteiger partial charge >= 0.3 is 0 Å². The average Bonchev–Trinajstić information content (AvgIpc) is 2.58. The van der Waals surface area contributed by atoms with Gasteiger partial charge in [0.1, 0.15) is 0 Å². The molecule has 0 heteroatoms. The van der Waals surface area contributed by atoms with Gasteiger partial charge in [0.05, 0.1) is 0 Å². The van der Waals surface area contributed by atoms with Gasteiger partial charge in [-0.2, -0.15) is 0 Å². The molecule has 0 nitrogen and oxygen atoms in total. The van der Waals surface area contributed by atoms with Crippen LogP contribution in [0.15, 0.2) is 105 Å². The Bertz CT molecular complexity index is 512. The Balaban J connectivity index is 0.000000296. The SMILES string of the molecule is C=C=CC=C.C=Cc1ccccc1.C=Cc1ccccc1. The maximum atomic E-state index is 3.63. The zero-order chi connectivity index (χ0) is 15.8. The summed E-state index contributed by atoms with van der Waals surface area (Å²) < 4.78 is 0. The van der Waals surface area contributed by atoms with E-state index < -0.39 is 0 Å². The summed E-state index contributed by atoms with van der Waals surface area (Å²) in [4.78, 5) is 0. The van der Waals surface area contributed by atoms with Crippen LogP contribution in [0.1, 0.15) is 11.1 Å². The largest absolute Gasteiger partial charge is 0.129 e. The standard InChI is InChI=1S/2C8H8.C5H6/c2*1-2-8-6-4-3-5-7-8;1-3-5-4-2/h2*2-7H,1H2;3,5H,1-2H2. The number of hydrogen-bond donors (Lipinski definition) is 0. The average molecular weight is 274 g/mol. The van der Waals surface area contributed by atoms with Gasteiger partial charge in [0.15, 0.2) is 0 Å². The minimum atomic E-state index is 1.17. The van der Waals surface area contributed by atoms with Crippen molar-refractivity contribution in [2.24, 2.45) is 0 Å². The van der Waals surface area contributed by atoms with Gasteiger partial charge in [-0.1, -0.05) is 105 Å². The van der Waals surface area contributed by atoms with E-state index in [9.17, 15) is 0 Å². The molecule has 0 atom stereocenters. The lowest BCUT2D eigenvalue weighted by Gasteiger charge is -1.85. The summed E-state index contributed by atoms with van der Waals surface area (Å²) in [5.74, 6) is 0. The van der Waals surface area contributed by atoms with Crippen molar-refractivity contribution in [2.75, 3.05) is 0 Å². The molecule has 0 radical (unpaired) electrons. The van der Waals surface area contributed by atoms with Gasteiger partial charge in [0.2, 0.25) is 0 Å². The zero-order valence-electron chi connectivity index (χ0n) is 12.4. The molecule has 0 aliphatic carbocycles. The van der Waals surface area contributed by atoms with E-state index in [0.717, 1.165) is 0 Å². The van der Waals surface area contributed by atoms with E-state index in [-0.39, 0.29) is 0 Å². The Labute approximate surface area is 128 Å². The second kappa shape index (κ2) is 13.6. The van der Waals surface area contributed by atoms with Crippen LogP contribution >= 0.6 is 0 Å². The molecule has 0 N–H and O–H groups in total. The lowest BCUT2D eigenvalue weighted by molar-refractivity contribution is 1.67. The monoisotopic (exact) mass is 274 g/mol. The topological polar surface area (TPSA) is 0 Å². The van der Waals surface area contributed by atoms with Gasteiger partial charge in [-0.25, -0.2) is 0 Å². The first-order valence-corrected chi connectivity index (χ1v) is 6.60. The van der Waals surface area contributed by atoms with Crippen LogP contribution in [-0.4, -0.2) is 0 Å². The van der Waals surface area contributed by atoms with Crippen molar-refractivity contribution in [2.45, 2.75) is 0 Å². The van der Waals surface area contributed by atoms with Crippen molar-refractivity contribution in [1.82, 2.24) is 0 Å². The maximum absolute atomic E-state index is 3.63. The fourth-order valence-corrected chi connectivity index (χ4v) is 1.26. The molecule has 2 aromatic rings. The first-order valence-electron chi connectivity index (χ1n) is 6.60. The second-order valence-electron chi connectivity index (χ2n) is 3.84. The van der Waals surface area contributed by atoms with Gasteiger partial charge in [-0.15, -0.1) is 5.73 Å². The molecule has 0 amide bonds. The third kappa shape index (κ3) is 10.8. The van der Waals surface area contributed by atoms with E-state index in [1.54, 1.807) is 12.2 Å². The summed E-state index contributed by atoms with van der Waals surface area (Å²) in [6.45, 7) is 14.0. The Hall–Kier alpha value is -2.82. The van der Waals surface area contributed by atoms with E-state index in [1.165, 1.54) is 11.1 Å². The molecule has 2 rings (SSSR count). The molecule has 0 saturated heterocycles. The van der Waals surface area contributed by atoms with Gasteiger partial charge in [0.25, 0.3) is 0 Å². The molecule has 0 aliphatic heterocycles. The molecular weight excluding hydrogens is 252 g/mol. The van der Waals surface area contributed by atoms with Gasteiger partial charge in [-0.05, 0) is 17.2 Å². The van der Waals surface area contributed by atoms with E-state index in [1.807, 2.05) is 72.8 Å². The molecule has 0 unspecified atom stereocenters. The highest BCUT2D eigenvalue weighted by molar-refractivity contribution is 5.46. The lowest BCUT2D eigenvalue weighted by atomic mass is 10.2. The molecule has 0 fully saturated rings. The molecule has 0 aromatic heterocycles. The zero-order valence-corrected chi connectivity index (χ0v) is 12.4. The highest BCUT2D eigenvalue weighted by Crippen LogP contribution is 1.98. The smallest absolute Gasteiger partial charge is 0.0212 e. The van der Waals surface area contributed by atoms with E-state index in [4.69, 9.17) is 0 Å². The highest BCUT2D eigenvalue weighted by atomic mass is 13.8. The summed E-state index contributed by atoms with van der Waals surface area (Å²) in [6.07, 6.45) is 6.95. The summed E-state index contributed by atoms with van der Waals surface area (Å²) in [5, 5.41) is 0. The van der Waals surface area contributed by atoms with Crippen LogP contribution in [0.4, 0.5) is 0 Å². The molecule has 2 aromatic carbocycles. The first-order chi connectivity index (χ1) is 10.3. The van der Waals surface area contributed by atoms with Crippen molar-refractivity contribution in [3.8, 4) is 0 Å². The van der Waals surface area contributed by atoms with Gasteiger partial charge < -0.3 is 0 Å². The number of hydrogen-bond acceptors (Lipinski definition) is 0. The number of benzene rings is 2. The Morgan fingerprint density at radius 3 is 1.19 bits per heavy atom. The third-order valence-electron chi connectivity index (χ3n) is 2.31. The van der Waals surface area contributed by atoms with Crippen LogP contribution in [0.25, 0.3) is 12.2 Å². The van der Waals surface area contributed by atoms with Gasteiger partial charge in [0, 0.05) is 0 Å². The molecule has 0 heterocycles. The summed E-state index contributed by atoms with van der Waals surface area (Å²) in [6, 6.07) is 20.1. The van der Waals surface area contributed by atoms with E-state index in [2.05, 4.69) is 32.0 Å². The molecule has 0 bridgehead atoms. The van der Waals surface area contributed by atoms with Crippen molar-refractivity contribution in [1.29, 1.82) is 0 Å². The normalized spacial score (nSPS) is 7.62. The minimum Gasteiger partial charge on any atom is -0.129 e. The molecule has 106 valence electrons. The number of allylic oxidation sites excluding steroid dienone is 2. The minimum absolute atomic E-state index is 1.17. The van der Waals surface area contributed by atoms with Gasteiger partial charge in [-0.3, -0.25) is 0 Å². The maximum Gasteiger partial charge on any atom is -0.0212 e. The van der Waals surface area contributed by atoms with Crippen molar-refractivity contribution < 1.29 is 0 Å². The number of rotatable bonds is 3.